The lowest BCUT2D eigenvalue weighted by Crippen LogP contribution is -2.07. The maximum absolute atomic E-state index is 11.9. The molecule has 2 aromatic heterocycles. The predicted molar refractivity (Wildman–Crippen MR) is 86.6 cm³/mol. The summed E-state index contributed by atoms with van der Waals surface area (Å²) in [4.78, 5) is 15.9. The van der Waals surface area contributed by atoms with E-state index in [2.05, 4.69) is 20.5 Å². The molecule has 1 amide bonds. The molecule has 2 heterocycles. The Bertz CT molecular complexity index is 846. The van der Waals surface area contributed by atoms with Gasteiger partial charge in [-0.25, -0.2) is 0 Å². The van der Waals surface area contributed by atoms with Crippen LogP contribution in [0.25, 0.3) is 17.7 Å². The number of aromatic nitrogens is 3. The summed E-state index contributed by atoms with van der Waals surface area (Å²) in [6.07, 6.45) is 4.56. The fourth-order valence-corrected chi connectivity index (χ4v) is 1.99. The molecule has 6 nitrogen and oxygen atoms in total. The van der Waals surface area contributed by atoms with Gasteiger partial charge < -0.3 is 4.42 Å². The highest BCUT2D eigenvalue weighted by molar-refractivity contribution is 6.32. The van der Waals surface area contributed by atoms with Gasteiger partial charge in [0.15, 0.2) is 0 Å². The number of carbonyl (C=O) groups is 1. The molecule has 0 saturated heterocycles. The number of amides is 1. The molecule has 1 aromatic carbocycles. The van der Waals surface area contributed by atoms with E-state index in [1.54, 1.807) is 42.6 Å². The minimum Gasteiger partial charge on any atom is -0.401 e. The van der Waals surface area contributed by atoms with Crippen molar-refractivity contribution in [3.05, 3.63) is 65.3 Å². The van der Waals surface area contributed by atoms with Crippen LogP contribution >= 0.6 is 11.6 Å². The van der Waals surface area contributed by atoms with Gasteiger partial charge in [-0.3, -0.25) is 15.1 Å². The van der Waals surface area contributed by atoms with Crippen molar-refractivity contribution in [3.8, 4) is 11.6 Å². The number of hydrogen-bond acceptors (Lipinski definition) is 5. The molecule has 0 aliphatic heterocycles. The molecular formula is C16H11ClN4O2. The van der Waals surface area contributed by atoms with E-state index in [4.69, 9.17) is 16.0 Å². The van der Waals surface area contributed by atoms with Gasteiger partial charge >= 0.3 is 6.01 Å². The van der Waals surface area contributed by atoms with Gasteiger partial charge in [0.05, 0.1) is 0 Å². The first-order chi connectivity index (χ1) is 11.2. The van der Waals surface area contributed by atoms with Crippen molar-refractivity contribution < 1.29 is 9.21 Å². The van der Waals surface area contributed by atoms with Gasteiger partial charge in [-0.15, -0.1) is 5.10 Å². The van der Waals surface area contributed by atoms with Crippen LogP contribution in [0.15, 0.2) is 59.2 Å². The molecule has 0 radical (unpaired) electrons. The van der Waals surface area contributed by atoms with Crippen molar-refractivity contribution in [2.24, 2.45) is 0 Å². The maximum Gasteiger partial charge on any atom is 0.322 e. The number of rotatable bonds is 4. The molecule has 23 heavy (non-hydrogen) atoms. The number of nitrogens with zero attached hydrogens (tertiary/aromatic N) is 3. The lowest BCUT2D eigenvalue weighted by atomic mass is 10.2. The minimum atomic E-state index is -0.402. The quantitative estimate of drug-likeness (QED) is 0.743. The van der Waals surface area contributed by atoms with E-state index in [1.165, 1.54) is 6.08 Å². The Morgan fingerprint density at radius 3 is 2.74 bits per heavy atom. The predicted octanol–water partition coefficient (Wildman–Crippen LogP) is 3.44. The molecule has 0 bridgehead atoms. The molecule has 0 aliphatic carbocycles. The SMILES string of the molecule is O=C(C=Cc1ccccc1Cl)Nc1nnc(-c2ccccn2)o1. The van der Waals surface area contributed by atoms with Crippen molar-refractivity contribution in [2.45, 2.75) is 0 Å². The van der Waals surface area contributed by atoms with Crippen LogP contribution in [-0.4, -0.2) is 21.1 Å². The van der Waals surface area contributed by atoms with E-state index in [0.29, 0.717) is 10.7 Å². The summed E-state index contributed by atoms with van der Waals surface area (Å²) in [5.74, 6) is -0.169. The van der Waals surface area contributed by atoms with Gasteiger partial charge in [0.2, 0.25) is 0 Å². The second-order valence-corrected chi connectivity index (χ2v) is 4.88. The topological polar surface area (TPSA) is 80.9 Å². The Kier molecular flexibility index (Phi) is 4.44. The molecule has 0 fully saturated rings. The molecular weight excluding hydrogens is 316 g/mol. The van der Waals surface area contributed by atoms with Gasteiger partial charge in [0, 0.05) is 17.3 Å². The Balaban J connectivity index is 1.67. The number of nitrogens with one attached hydrogen (secondary N) is 1. The molecule has 3 aromatic rings. The first kappa shape index (κ1) is 14.9. The first-order valence-electron chi connectivity index (χ1n) is 6.71. The van der Waals surface area contributed by atoms with Gasteiger partial charge in [0.1, 0.15) is 5.69 Å². The first-order valence-corrected chi connectivity index (χ1v) is 7.09. The van der Waals surface area contributed by atoms with E-state index in [9.17, 15) is 4.79 Å². The van der Waals surface area contributed by atoms with E-state index >= 15 is 0 Å². The highest BCUT2D eigenvalue weighted by atomic mass is 35.5. The molecule has 0 saturated carbocycles. The van der Waals surface area contributed by atoms with Crippen LogP contribution in [0.4, 0.5) is 6.01 Å². The highest BCUT2D eigenvalue weighted by Gasteiger charge is 2.10. The summed E-state index contributed by atoms with van der Waals surface area (Å²) < 4.78 is 5.34. The minimum absolute atomic E-state index is 0.000498. The molecule has 3 rings (SSSR count). The monoisotopic (exact) mass is 326 g/mol. The summed E-state index contributed by atoms with van der Waals surface area (Å²) >= 11 is 6.01. The molecule has 7 heteroatoms. The van der Waals surface area contributed by atoms with Crippen LogP contribution < -0.4 is 5.32 Å². The second kappa shape index (κ2) is 6.85. The number of halogens is 1. The van der Waals surface area contributed by atoms with Crippen LogP contribution in [0.2, 0.25) is 5.02 Å². The Morgan fingerprint density at radius 2 is 1.96 bits per heavy atom. The molecule has 1 N–H and O–H groups in total. The van der Waals surface area contributed by atoms with Crippen LogP contribution in [0.5, 0.6) is 0 Å². The Hall–Kier alpha value is -2.99. The van der Waals surface area contributed by atoms with Crippen LogP contribution in [-0.2, 0) is 4.79 Å². The number of pyridine rings is 1. The lowest BCUT2D eigenvalue weighted by Gasteiger charge is -1.97. The number of benzene rings is 1. The lowest BCUT2D eigenvalue weighted by molar-refractivity contribution is -0.112. The summed E-state index contributed by atoms with van der Waals surface area (Å²) in [6.45, 7) is 0. The van der Waals surface area contributed by atoms with Crippen molar-refractivity contribution >= 4 is 29.6 Å². The average Bonchev–Trinajstić information content (AvgIpc) is 3.03. The fourth-order valence-electron chi connectivity index (χ4n) is 1.79. The molecule has 0 unspecified atom stereocenters. The smallest absolute Gasteiger partial charge is 0.322 e. The molecule has 0 aliphatic rings. The zero-order chi connectivity index (χ0) is 16.1. The molecule has 114 valence electrons. The molecule has 0 atom stereocenters. The second-order valence-electron chi connectivity index (χ2n) is 4.47. The average molecular weight is 327 g/mol. The Labute approximate surface area is 136 Å². The van der Waals surface area contributed by atoms with Crippen molar-refractivity contribution in [1.82, 2.24) is 15.2 Å². The van der Waals surface area contributed by atoms with Crippen LogP contribution in [0, 0.1) is 0 Å². The van der Waals surface area contributed by atoms with Gasteiger partial charge in [-0.05, 0) is 29.8 Å². The summed E-state index contributed by atoms with van der Waals surface area (Å²) in [5.41, 5.74) is 1.27. The summed E-state index contributed by atoms with van der Waals surface area (Å²) in [6, 6.07) is 12.5. The number of anilines is 1. The third kappa shape index (κ3) is 3.81. The van der Waals surface area contributed by atoms with Crippen LogP contribution in [0.1, 0.15) is 5.56 Å². The Morgan fingerprint density at radius 1 is 1.13 bits per heavy atom. The van der Waals surface area contributed by atoms with Crippen molar-refractivity contribution in [2.75, 3.05) is 5.32 Å². The zero-order valence-electron chi connectivity index (χ0n) is 11.8. The van der Waals surface area contributed by atoms with Crippen LogP contribution in [0.3, 0.4) is 0 Å². The van der Waals surface area contributed by atoms with Gasteiger partial charge in [0.25, 0.3) is 11.8 Å². The normalized spacial score (nSPS) is 10.8. The highest BCUT2D eigenvalue weighted by Crippen LogP contribution is 2.18. The third-order valence-corrected chi connectivity index (χ3v) is 3.20. The van der Waals surface area contributed by atoms with E-state index in [-0.39, 0.29) is 11.9 Å². The summed E-state index contributed by atoms with van der Waals surface area (Å²) in [5, 5.41) is 10.6. The van der Waals surface area contributed by atoms with Crippen molar-refractivity contribution in [3.63, 3.8) is 0 Å². The number of hydrogen-bond donors (Lipinski definition) is 1. The zero-order valence-corrected chi connectivity index (χ0v) is 12.6. The van der Waals surface area contributed by atoms with Gasteiger partial charge in [-0.2, -0.15) is 0 Å². The fraction of sp³-hybridized carbons (Fsp3) is 0. The third-order valence-electron chi connectivity index (χ3n) is 2.86. The van der Waals surface area contributed by atoms with Crippen molar-refractivity contribution in [1.29, 1.82) is 0 Å². The van der Waals surface area contributed by atoms with E-state index in [1.807, 2.05) is 12.1 Å². The van der Waals surface area contributed by atoms with Gasteiger partial charge in [-0.1, -0.05) is 41.0 Å². The standard InChI is InChI=1S/C16H11ClN4O2/c17-12-6-2-1-5-11(12)8-9-14(22)19-16-21-20-15(23-16)13-7-3-4-10-18-13/h1-10H,(H,19,21,22). The largest absolute Gasteiger partial charge is 0.401 e. The number of carbonyl (C=O) groups excluding carboxylic acids is 1. The van der Waals surface area contributed by atoms with E-state index in [0.717, 1.165) is 5.56 Å². The maximum atomic E-state index is 11.9. The summed E-state index contributed by atoms with van der Waals surface area (Å²) in [7, 11) is 0. The molecule has 0 spiro atoms. The van der Waals surface area contributed by atoms with E-state index < -0.39 is 5.91 Å².